The first kappa shape index (κ1) is 19.0. The maximum absolute atomic E-state index is 15.0. The third-order valence-corrected chi connectivity index (χ3v) is 4.07. The summed E-state index contributed by atoms with van der Waals surface area (Å²) < 4.78 is 20.5. The van der Waals surface area contributed by atoms with E-state index in [4.69, 9.17) is 26.9 Å². The normalized spacial score (nSPS) is 10.2. The Morgan fingerprint density at radius 1 is 1.21 bits per heavy atom. The number of rotatable bonds is 4. The maximum atomic E-state index is 15.0. The van der Waals surface area contributed by atoms with Gasteiger partial charge in [-0.05, 0) is 36.8 Å². The molecule has 0 radical (unpaired) electrons. The van der Waals surface area contributed by atoms with Crippen molar-refractivity contribution < 1.29 is 9.13 Å². The lowest BCUT2D eigenvalue weighted by Gasteiger charge is -2.12. The molecule has 0 spiro atoms. The molecule has 0 aliphatic rings. The van der Waals surface area contributed by atoms with Gasteiger partial charge in [0.2, 0.25) is 0 Å². The summed E-state index contributed by atoms with van der Waals surface area (Å²) in [6, 6.07) is 10.9. The van der Waals surface area contributed by atoms with Gasteiger partial charge < -0.3 is 4.74 Å². The van der Waals surface area contributed by atoms with E-state index in [-0.39, 0.29) is 51.2 Å². The highest BCUT2D eigenvalue weighted by molar-refractivity contribution is 6.32. The minimum Gasteiger partial charge on any atom is -0.453 e. The number of aromatic amines is 1. The molecule has 3 aromatic rings. The third kappa shape index (κ3) is 3.98. The second kappa shape index (κ2) is 7.87. The van der Waals surface area contributed by atoms with Gasteiger partial charge in [-0.2, -0.15) is 15.6 Å². The zero-order chi connectivity index (χ0) is 20.3. The minimum absolute atomic E-state index is 0.00133. The van der Waals surface area contributed by atoms with E-state index in [0.717, 1.165) is 0 Å². The Labute approximate surface area is 163 Å². The number of benzene rings is 2. The van der Waals surface area contributed by atoms with Crippen molar-refractivity contribution in [1.29, 1.82) is 10.5 Å². The van der Waals surface area contributed by atoms with Gasteiger partial charge in [0.15, 0.2) is 17.4 Å². The molecule has 0 amide bonds. The van der Waals surface area contributed by atoms with Gasteiger partial charge in [-0.3, -0.25) is 4.79 Å². The van der Waals surface area contributed by atoms with Crippen molar-refractivity contribution in [2.45, 2.75) is 13.3 Å². The lowest BCUT2D eigenvalue weighted by Crippen LogP contribution is -2.16. The number of aryl methyl sites for hydroxylation is 1. The molecule has 28 heavy (non-hydrogen) atoms. The van der Waals surface area contributed by atoms with Crippen molar-refractivity contribution in [3.8, 4) is 23.6 Å². The average Bonchev–Trinajstić information content (AvgIpc) is 2.69. The Bertz CT molecular complexity index is 1180. The Kier molecular flexibility index (Phi) is 5.35. The fraction of sp³-hybridized carbons (Fsp3) is 0.105. The molecule has 7 nitrogen and oxygen atoms in total. The van der Waals surface area contributed by atoms with E-state index in [1.165, 1.54) is 37.3 Å². The third-order valence-electron chi connectivity index (χ3n) is 3.77. The number of hydrogen-bond acceptors (Lipinski definition) is 6. The first-order chi connectivity index (χ1) is 13.4. The van der Waals surface area contributed by atoms with Gasteiger partial charge in [-0.15, -0.1) is 0 Å². The van der Waals surface area contributed by atoms with E-state index in [1.807, 2.05) is 12.1 Å². The van der Waals surface area contributed by atoms with Crippen LogP contribution < -0.4 is 10.3 Å². The quantitative estimate of drug-likeness (QED) is 0.723. The van der Waals surface area contributed by atoms with E-state index >= 15 is 0 Å². The van der Waals surface area contributed by atoms with Gasteiger partial charge in [-0.1, -0.05) is 17.7 Å². The van der Waals surface area contributed by atoms with E-state index in [2.05, 4.69) is 15.2 Å². The minimum atomic E-state index is -0.735. The summed E-state index contributed by atoms with van der Waals surface area (Å²) in [6.45, 7) is 1.52. The van der Waals surface area contributed by atoms with Crippen LogP contribution >= 0.6 is 11.6 Å². The van der Waals surface area contributed by atoms with E-state index in [9.17, 15) is 9.18 Å². The molecule has 0 saturated carbocycles. The number of halogens is 2. The molecule has 138 valence electrons. The van der Waals surface area contributed by atoms with Crippen LogP contribution in [0.3, 0.4) is 0 Å². The van der Waals surface area contributed by atoms with Crippen LogP contribution in [0.1, 0.15) is 28.2 Å². The van der Waals surface area contributed by atoms with Gasteiger partial charge in [0.05, 0.1) is 28.3 Å². The van der Waals surface area contributed by atoms with E-state index in [0.29, 0.717) is 0 Å². The number of nitriles is 2. The molecule has 1 aromatic heterocycles. The van der Waals surface area contributed by atoms with Crippen molar-refractivity contribution >= 4 is 11.6 Å². The first-order valence-electron chi connectivity index (χ1n) is 7.93. The summed E-state index contributed by atoms with van der Waals surface area (Å²) in [5.74, 6) is -0.660. The topological polar surface area (TPSA) is 115 Å². The van der Waals surface area contributed by atoms with Crippen LogP contribution in [0.25, 0.3) is 0 Å². The monoisotopic (exact) mass is 395 g/mol. The van der Waals surface area contributed by atoms with Crippen molar-refractivity contribution in [2.24, 2.45) is 0 Å². The fourth-order valence-electron chi connectivity index (χ4n) is 2.42. The summed E-state index contributed by atoms with van der Waals surface area (Å²) in [5, 5.41) is 24.2. The molecule has 0 atom stereocenters. The number of nitrogens with zero attached hydrogens (tertiary/aromatic N) is 4. The van der Waals surface area contributed by atoms with Gasteiger partial charge in [-0.25, -0.2) is 14.5 Å². The Hall–Kier alpha value is -3.75. The second-order valence-electron chi connectivity index (χ2n) is 5.76. The van der Waals surface area contributed by atoms with Gasteiger partial charge in [0, 0.05) is 6.42 Å². The van der Waals surface area contributed by atoms with Crippen LogP contribution in [0.2, 0.25) is 5.02 Å². The molecule has 0 unspecified atom stereocenters. The molecule has 9 heteroatoms. The highest BCUT2D eigenvalue weighted by atomic mass is 35.5. The van der Waals surface area contributed by atoms with Crippen molar-refractivity contribution in [3.05, 3.63) is 79.7 Å². The molecule has 0 fully saturated rings. The van der Waals surface area contributed by atoms with Gasteiger partial charge >= 0.3 is 0 Å². The molecule has 3 rings (SSSR count). The predicted octanol–water partition coefficient (Wildman–Crippen LogP) is 3.39. The molecule has 0 bridgehead atoms. The summed E-state index contributed by atoms with van der Waals surface area (Å²) in [6.07, 6.45) is -0.00133. The molecule has 1 N–H and O–H groups in total. The van der Waals surface area contributed by atoms with Crippen molar-refractivity contribution in [2.75, 3.05) is 0 Å². The number of H-pyrrole nitrogens is 1. The average molecular weight is 396 g/mol. The predicted molar refractivity (Wildman–Crippen MR) is 97.6 cm³/mol. The summed E-state index contributed by atoms with van der Waals surface area (Å²) >= 11 is 6.07. The highest BCUT2D eigenvalue weighted by Gasteiger charge is 2.17. The lowest BCUT2D eigenvalue weighted by molar-refractivity contribution is 0.439. The Balaban J connectivity index is 1.98. The zero-order valence-electron chi connectivity index (χ0n) is 14.5. The number of nitrogens with one attached hydrogen (secondary N) is 1. The molecule has 0 aliphatic heterocycles. The SMILES string of the molecule is Cc1nc(Cc2ccc(Cl)c(Oc3cc(C#N)cc(C#N)c3)c2F)n[nH]c1=O. The number of aromatic nitrogens is 3. The van der Waals surface area contributed by atoms with Crippen LogP contribution in [-0.2, 0) is 6.42 Å². The van der Waals surface area contributed by atoms with Crippen LogP contribution in [0, 0.1) is 35.4 Å². The standard InChI is InChI=1S/C19H11ClFN5O2/c1-10-19(27)26-25-16(24-10)7-13-2-3-15(20)18(17(13)21)28-14-5-11(8-22)4-12(6-14)9-23/h2-6H,7H2,1H3,(H,26,27). The molecule has 1 heterocycles. The van der Waals surface area contributed by atoms with Crippen LogP contribution in [0.15, 0.2) is 35.1 Å². The number of hydrogen-bond donors (Lipinski definition) is 1. The molecular weight excluding hydrogens is 385 g/mol. The fourth-order valence-corrected chi connectivity index (χ4v) is 2.61. The zero-order valence-corrected chi connectivity index (χ0v) is 15.2. The number of ether oxygens (including phenoxy) is 1. The van der Waals surface area contributed by atoms with Gasteiger partial charge in [0.1, 0.15) is 11.4 Å². The molecular formula is C19H11ClFN5O2. The van der Waals surface area contributed by atoms with E-state index in [1.54, 1.807) is 0 Å². The van der Waals surface area contributed by atoms with Crippen LogP contribution in [-0.4, -0.2) is 15.2 Å². The van der Waals surface area contributed by atoms with Crippen molar-refractivity contribution in [1.82, 2.24) is 15.2 Å². The van der Waals surface area contributed by atoms with Crippen LogP contribution in [0.4, 0.5) is 4.39 Å². The van der Waals surface area contributed by atoms with Crippen LogP contribution in [0.5, 0.6) is 11.5 Å². The largest absolute Gasteiger partial charge is 0.453 e. The summed E-state index contributed by atoms with van der Waals surface area (Å²) in [5.41, 5.74) is 0.378. The Morgan fingerprint density at radius 3 is 2.50 bits per heavy atom. The highest BCUT2D eigenvalue weighted by Crippen LogP contribution is 2.35. The molecule has 2 aromatic carbocycles. The van der Waals surface area contributed by atoms with E-state index < -0.39 is 11.4 Å². The Morgan fingerprint density at radius 2 is 1.89 bits per heavy atom. The lowest BCUT2D eigenvalue weighted by atomic mass is 10.1. The van der Waals surface area contributed by atoms with Gasteiger partial charge in [0.25, 0.3) is 5.56 Å². The second-order valence-corrected chi connectivity index (χ2v) is 6.17. The summed E-state index contributed by atoms with van der Waals surface area (Å²) in [4.78, 5) is 15.4. The van der Waals surface area contributed by atoms with Crippen molar-refractivity contribution in [3.63, 3.8) is 0 Å². The molecule has 0 saturated heterocycles. The smallest absolute Gasteiger partial charge is 0.285 e. The summed E-state index contributed by atoms with van der Waals surface area (Å²) in [7, 11) is 0. The molecule has 0 aliphatic carbocycles. The maximum Gasteiger partial charge on any atom is 0.285 e. The first-order valence-corrected chi connectivity index (χ1v) is 8.31.